The third kappa shape index (κ3) is 3.07. The summed E-state index contributed by atoms with van der Waals surface area (Å²) in [6.45, 7) is 4.05. The predicted octanol–water partition coefficient (Wildman–Crippen LogP) is 3.34. The van der Waals surface area contributed by atoms with E-state index in [4.69, 9.17) is 4.52 Å². The van der Waals surface area contributed by atoms with E-state index in [0.717, 1.165) is 16.3 Å². The molecule has 3 rings (SSSR count). The van der Waals surface area contributed by atoms with Gasteiger partial charge >= 0.3 is 0 Å². The van der Waals surface area contributed by atoms with Crippen molar-refractivity contribution >= 4 is 17.2 Å². The van der Waals surface area contributed by atoms with E-state index >= 15 is 0 Å². The second-order valence-electron chi connectivity index (χ2n) is 4.88. The standard InChI is InChI=1S/C16H15N3O2S/c1-10-15(22-11(2)18-10)16(20)17-9-13-8-14(21-19-13)12-6-4-3-5-7-12/h3-8H,9H2,1-2H3,(H,17,20). The van der Waals surface area contributed by atoms with E-state index in [0.29, 0.717) is 22.9 Å². The molecule has 22 heavy (non-hydrogen) atoms. The predicted molar refractivity (Wildman–Crippen MR) is 84.7 cm³/mol. The van der Waals surface area contributed by atoms with Gasteiger partial charge in [-0.25, -0.2) is 4.98 Å². The minimum Gasteiger partial charge on any atom is -0.356 e. The molecular formula is C16H15N3O2S. The zero-order valence-corrected chi connectivity index (χ0v) is 13.1. The highest BCUT2D eigenvalue weighted by Gasteiger charge is 2.14. The van der Waals surface area contributed by atoms with Crippen molar-refractivity contribution in [3.8, 4) is 11.3 Å². The van der Waals surface area contributed by atoms with Crippen LogP contribution in [0.25, 0.3) is 11.3 Å². The minimum atomic E-state index is -0.132. The van der Waals surface area contributed by atoms with E-state index in [1.54, 1.807) is 0 Å². The Morgan fingerprint density at radius 1 is 1.27 bits per heavy atom. The van der Waals surface area contributed by atoms with Crippen LogP contribution in [0.15, 0.2) is 40.9 Å². The summed E-state index contributed by atoms with van der Waals surface area (Å²) in [5, 5.41) is 7.71. The first kappa shape index (κ1) is 14.5. The van der Waals surface area contributed by atoms with Crippen molar-refractivity contribution in [2.75, 3.05) is 0 Å². The zero-order valence-electron chi connectivity index (χ0n) is 12.3. The average molecular weight is 313 g/mol. The van der Waals surface area contributed by atoms with Crippen LogP contribution < -0.4 is 5.32 Å². The highest BCUT2D eigenvalue weighted by atomic mass is 32.1. The lowest BCUT2D eigenvalue weighted by molar-refractivity contribution is 0.0953. The number of carbonyl (C=O) groups excluding carboxylic acids is 1. The summed E-state index contributed by atoms with van der Waals surface area (Å²) in [6.07, 6.45) is 0. The molecule has 6 heteroatoms. The minimum absolute atomic E-state index is 0.132. The maximum atomic E-state index is 12.1. The first-order valence-electron chi connectivity index (χ1n) is 6.87. The second kappa shape index (κ2) is 6.11. The topological polar surface area (TPSA) is 68.0 Å². The van der Waals surface area contributed by atoms with E-state index in [1.807, 2.05) is 50.2 Å². The zero-order chi connectivity index (χ0) is 15.5. The SMILES string of the molecule is Cc1nc(C)c(C(=O)NCc2cc(-c3ccccc3)on2)s1. The van der Waals surface area contributed by atoms with Crippen molar-refractivity contribution in [2.45, 2.75) is 20.4 Å². The van der Waals surface area contributed by atoms with E-state index < -0.39 is 0 Å². The molecule has 0 aliphatic carbocycles. The molecule has 0 unspecified atom stereocenters. The molecule has 0 saturated carbocycles. The second-order valence-corrected chi connectivity index (χ2v) is 6.08. The van der Waals surface area contributed by atoms with Gasteiger partial charge in [-0.1, -0.05) is 35.5 Å². The fourth-order valence-corrected chi connectivity index (χ4v) is 2.96. The molecule has 112 valence electrons. The molecule has 0 fully saturated rings. The number of hydrogen-bond donors (Lipinski definition) is 1. The van der Waals surface area contributed by atoms with Crippen molar-refractivity contribution in [2.24, 2.45) is 0 Å². The normalized spacial score (nSPS) is 10.6. The van der Waals surface area contributed by atoms with Gasteiger partial charge in [0.2, 0.25) is 0 Å². The van der Waals surface area contributed by atoms with Crippen LogP contribution in [0.5, 0.6) is 0 Å². The Balaban J connectivity index is 1.66. The highest BCUT2D eigenvalue weighted by Crippen LogP contribution is 2.20. The van der Waals surface area contributed by atoms with Gasteiger partial charge in [-0.3, -0.25) is 4.79 Å². The number of carbonyl (C=O) groups is 1. The number of aromatic nitrogens is 2. The number of aryl methyl sites for hydroxylation is 2. The van der Waals surface area contributed by atoms with Crippen LogP contribution in [0.2, 0.25) is 0 Å². The Bertz CT molecular complexity index is 793. The Kier molecular flexibility index (Phi) is 4.02. The van der Waals surface area contributed by atoms with Crippen molar-refractivity contribution in [1.82, 2.24) is 15.5 Å². The van der Waals surface area contributed by atoms with Gasteiger partial charge in [-0.2, -0.15) is 0 Å². The summed E-state index contributed by atoms with van der Waals surface area (Å²) in [5.74, 6) is 0.557. The molecule has 0 bridgehead atoms. The molecule has 3 aromatic rings. The number of rotatable bonds is 4. The lowest BCUT2D eigenvalue weighted by Gasteiger charge is -2.00. The fraction of sp³-hybridized carbons (Fsp3) is 0.188. The number of hydrogen-bond acceptors (Lipinski definition) is 5. The smallest absolute Gasteiger partial charge is 0.263 e. The van der Waals surface area contributed by atoms with E-state index in [2.05, 4.69) is 15.5 Å². The van der Waals surface area contributed by atoms with Crippen molar-refractivity contribution in [3.63, 3.8) is 0 Å². The number of thiazole rings is 1. The Hall–Kier alpha value is -2.47. The molecular weight excluding hydrogens is 298 g/mol. The van der Waals surface area contributed by atoms with Crippen molar-refractivity contribution in [1.29, 1.82) is 0 Å². The molecule has 0 saturated heterocycles. The quantitative estimate of drug-likeness (QED) is 0.802. The lowest BCUT2D eigenvalue weighted by atomic mass is 10.2. The van der Waals surface area contributed by atoms with Gasteiger partial charge in [0.1, 0.15) is 10.6 Å². The molecule has 2 heterocycles. The van der Waals surface area contributed by atoms with Crippen LogP contribution in [0.3, 0.4) is 0 Å². The first-order valence-corrected chi connectivity index (χ1v) is 7.68. The summed E-state index contributed by atoms with van der Waals surface area (Å²) in [6, 6.07) is 11.6. The van der Waals surface area contributed by atoms with Gasteiger partial charge in [-0.05, 0) is 13.8 Å². The number of benzene rings is 1. The summed E-state index contributed by atoms with van der Waals surface area (Å²) < 4.78 is 5.31. The molecule has 0 aliphatic heterocycles. The third-order valence-electron chi connectivity index (χ3n) is 3.16. The lowest BCUT2D eigenvalue weighted by Crippen LogP contribution is -2.22. The third-order valence-corrected chi connectivity index (χ3v) is 4.23. The van der Waals surface area contributed by atoms with Gasteiger partial charge < -0.3 is 9.84 Å². The molecule has 2 aromatic heterocycles. The largest absolute Gasteiger partial charge is 0.356 e. The van der Waals surface area contributed by atoms with Crippen LogP contribution in [0, 0.1) is 13.8 Å². The fourth-order valence-electron chi connectivity index (χ4n) is 2.13. The summed E-state index contributed by atoms with van der Waals surface area (Å²) in [4.78, 5) is 17.0. The van der Waals surface area contributed by atoms with Crippen LogP contribution in [-0.4, -0.2) is 16.0 Å². The van der Waals surface area contributed by atoms with Crippen molar-refractivity contribution < 1.29 is 9.32 Å². The van der Waals surface area contributed by atoms with Gasteiger partial charge in [0.15, 0.2) is 5.76 Å². The number of nitrogens with one attached hydrogen (secondary N) is 1. The summed E-state index contributed by atoms with van der Waals surface area (Å²) in [5.41, 5.74) is 2.40. The van der Waals surface area contributed by atoms with Crippen LogP contribution in [-0.2, 0) is 6.54 Å². The summed E-state index contributed by atoms with van der Waals surface area (Å²) in [7, 11) is 0. The molecule has 1 N–H and O–H groups in total. The van der Waals surface area contributed by atoms with Crippen LogP contribution in [0.4, 0.5) is 0 Å². The first-order chi connectivity index (χ1) is 10.6. The van der Waals surface area contributed by atoms with Gasteiger partial charge in [0, 0.05) is 11.6 Å². The number of nitrogens with zero attached hydrogens (tertiary/aromatic N) is 2. The molecule has 0 radical (unpaired) electrons. The Labute approximate surface area is 132 Å². The monoisotopic (exact) mass is 313 g/mol. The Morgan fingerprint density at radius 2 is 2.05 bits per heavy atom. The van der Waals surface area contributed by atoms with Crippen molar-refractivity contribution in [3.05, 3.63) is 57.7 Å². The van der Waals surface area contributed by atoms with E-state index in [-0.39, 0.29) is 5.91 Å². The van der Waals surface area contributed by atoms with Gasteiger partial charge in [0.25, 0.3) is 5.91 Å². The maximum absolute atomic E-state index is 12.1. The molecule has 1 amide bonds. The molecule has 5 nitrogen and oxygen atoms in total. The summed E-state index contributed by atoms with van der Waals surface area (Å²) >= 11 is 1.39. The number of amides is 1. The van der Waals surface area contributed by atoms with Crippen LogP contribution >= 0.6 is 11.3 Å². The maximum Gasteiger partial charge on any atom is 0.263 e. The van der Waals surface area contributed by atoms with Crippen LogP contribution in [0.1, 0.15) is 26.1 Å². The molecule has 0 atom stereocenters. The molecule has 0 spiro atoms. The molecule has 0 aliphatic rings. The highest BCUT2D eigenvalue weighted by molar-refractivity contribution is 7.13. The average Bonchev–Trinajstić information content (AvgIpc) is 3.12. The Morgan fingerprint density at radius 3 is 2.73 bits per heavy atom. The van der Waals surface area contributed by atoms with E-state index in [9.17, 15) is 4.79 Å². The molecule has 1 aromatic carbocycles. The van der Waals surface area contributed by atoms with Gasteiger partial charge in [-0.15, -0.1) is 11.3 Å². The van der Waals surface area contributed by atoms with Gasteiger partial charge in [0.05, 0.1) is 17.2 Å². The van der Waals surface area contributed by atoms with E-state index in [1.165, 1.54) is 11.3 Å².